The van der Waals surface area contributed by atoms with Crippen LogP contribution in [0.15, 0.2) is 11.6 Å². The minimum atomic E-state index is -0.660. The van der Waals surface area contributed by atoms with E-state index < -0.39 is 35.5 Å². The molecule has 8 unspecified atom stereocenters. The van der Waals surface area contributed by atoms with E-state index in [0.717, 1.165) is 18.4 Å². The van der Waals surface area contributed by atoms with Crippen molar-refractivity contribution in [3.05, 3.63) is 11.6 Å². The van der Waals surface area contributed by atoms with Crippen molar-refractivity contribution in [1.29, 1.82) is 0 Å². The second-order valence-electron chi connectivity index (χ2n) is 11.4. The van der Waals surface area contributed by atoms with Gasteiger partial charge in [-0.05, 0) is 60.8 Å². The number of Topliss-reactive ketones (excluding diaryl/α,β-unsaturated/α-hetero) is 1. The summed E-state index contributed by atoms with van der Waals surface area (Å²) in [5.74, 6) is -1.96. The molecule has 8 nitrogen and oxygen atoms in total. The van der Waals surface area contributed by atoms with Gasteiger partial charge in [0.2, 0.25) is 0 Å². The van der Waals surface area contributed by atoms with Crippen LogP contribution in [0.2, 0.25) is 0 Å². The number of ketones is 2. The second kappa shape index (κ2) is 9.17. The molecule has 0 spiro atoms. The van der Waals surface area contributed by atoms with Crippen molar-refractivity contribution in [3.63, 3.8) is 0 Å². The van der Waals surface area contributed by atoms with Gasteiger partial charge in [-0.15, -0.1) is 0 Å². The van der Waals surface area contributed by atoms with E-state index in [0.29, 0.717) is 25.7 Å². The second-order valence-corrected chi connectivity index (χ2v) is 11.4. The number of allylic oxidation sites excluding steroid dienone is 1. The predicted octanol–water partition coefficient (Wildman–Crippen LogP) is 3.35. The van der Waals surface area contributed by atoms with Crippen molar-refractivity contribution in [2.75, 3.05) is 6.61 Å². The Labute approximate surface area is 206 Å². The van der Waals surface area contributed by atoms with Crippen molar-refractivity contribution in [1.82, 2.24) is 0 Å². The molecule has 8 atom stereocenters. The van der Waals surface area contributed by atoms with E-state index in [-0.39, 0.29) is 47.3 Å². The summed E-state index contributed by atoms with van der Waals surface area (Å²) in [5.41, 5.74) is 0.267. The molecule has 0 saturated heterocycles. The number of hydrogen-bond acceptors (Lipinski definition) is 8. The molecule has 0 bridgehead atoms. The highest BCUT2D eigenvalue weighted by atomic mass is 16.6. The Hall–Kier alpha value is -2.51. The van der Waals surface area contributed by atoms with Gasteiger partial charge < -0.3 is 14.2 Å². The minimum absolute atomic E-state index is 0.0119. The molecule has 192 valence electrons. The first-order valence-electron chi connectivity index (χ1n) is 12.6. The zero-order valence-electron chi connectivity index (χ0n) is 21.3. The van der Waals surface area contributed by atoms with Gasteiger partial charge in [0.05, 0.1) is 5.92 Å². The van der Waals surface area contributed by atoms with E-state index in [1.165, 1.54) is 20.8 Å². The van der Waals surface area contributed by atoms with Gasteiger partial charge in [-0.2, -0.15) is 0 Å². The van der Waals surface area contributed by atoms with Gasteiger partial charge >= 0.3 is 17.9 Å². The molecule has 0 heterocycles. The van der Waals surface area contributed by atoms with Gasteiger partial charge in [0, 0.05) is 33.1 Å². The van der Waals surface area contributed by atoms with E-state index in [2.05, 4.69) is 6.92 Å². The fraction of sp³-hybridized carbons (Fsp3) is 0.741. The molecule has 0 amide bonds. The Kier molecular flexibility index (Phi) is 6.70. The third kappa shape index (κ3) is 4.45. The predicted molar refractivity (Wildman–Crippen MR) is 124 cm³/mol. The number of carbonyl (C=O) groups is 5. The lowest BCUT2D eigenvalue weighted by atomic mass is 9.45. The summed E-state index contributed by atoms with van der Waals surface area (Å²) in [5, 5.41) is 0. The van der Waals surface area contributed by atoms with E-state index in [1.54, 1.807) is 6.08 Å². The maximum Gasteiger partial charge on any atom is 0.303 e. The van der Waals surface area contributed by atoms with Crippen LogP contribution in [-0.4, -0.2) is 48.3 Å². The molecule has 0 aliphatic heterocycles. The minimum Gasteiger partial charge on any atom is -0.462 e. The standard InChI is InChI=1S/C27H36O8/c1-14(28)33-13-21(32)25-22(34-15(2)29)11-20-19-7-6-17-10-18(31)8-9-26(17,4)24(19)23(35-16(3)30)12-27(20,25)5/h10,19-20,22-25H,6-9,11-13H2,1-5H3. The Morgan fingerprint density at radius 3 is 2.26 bits per heavy atom. The van der Waals surface area contributed by atoms with Crippen LogP contribution < -0.4 is 0 Å². The van der Waals surface area contributed by atoms with Gasteiger partial charge in [0.1, 0.15) is 18.8 Å². The first kappa shape index (κ1) is 25.6. The molecule has 8 heteroatoms. The largest absolute Gasteiger partial charge is 0.462 e. The zero-order valence-corrected chi connectivity index (χ0v) is 21.3. The first-order valence-corrected chi connectivity index (χ1v) is 12.6. The Bertz CT molecular complexity index is 982. The molecule has 0 aromatic heterocycles. The number of carbonyl (C=O) groups excluding carboxylic acids is 5. The fourth-order valence-corrected chi connectivity index (χ4v) is 8.13. The highest BCUT2D eigenvalue weighted by Gasteiger charge is 2.67. The summed E-state index contributed by atoms with van der Waals surface area (Å²) in [6.07, 6.45) is 4.50. The summed E-state index contributed by atoms with van der Waals surface area (Å²) in [7, 11) is 0. The average molecular weight is 489 g/mol. The fourth-order valence-electron chi connectivity index (χ4n) is 8.13. The lowest BCUT2D eigenvalue weighted by Crippen LogP contribution is -2.58. The van der Waals surface area contributed by atoms with Gasteiger partial charge in [-0.1, -0.05) is 19.4 Å². The van der Waals surface area contributed by atoms with Crippen molar-refractivity contribution < 1.29 is 38.2 Å². The molecule has 4 rings (SSSR count). The summed E-state index contributed by atoms with van der Waals surface area (Å²) in [4.78, 5) is 61.2. The molecule has 4 aliphatic carbocycles. The summed E-state index contributed by atoms with van der Waals surface area (Å²) in [6.45, 7) is 7.82. The van der Waals surface area contributed by atoms with Crippen LogP contribution >= 0.6 is 0 Å². The van der Waals surface area contributed by atoms with Gasteiger partial charge in [0.15, 0.2) is 11.6 Å². The maximum absolute atomic E-state index is 13.4. The van der Waals surface area contributed by atoms with Crippen LogP contribution in [0.25, 0.3) is 0 Å². The third-order valence-corrected chi connectivity index (χ3v) is 9.28. The number of hydrogen-bond donors (Lipinski definition) is 0. The Morgan fingerprint density at radius 2 is 1.63 bits per heavy atom. The van der Waals surface area contributed by atoms with E-state index in [1.807, 2.05) is 6.92 Å². The smallest absolute Gasteiger partial charge is 0.303 e. The Balaban J connectivity index is 1.76. The van der Waals surface area contributed by atoms with Gasteiger partial charge in [0.25, 0.3) is 0 Å². The van der Waals surface area contributed by atoms with E-state index >= 15 is 0 Å². The number of ether oxygens (including phenoxy) is 3. The SMILES string of the molecule is CC(=O)OCC(=O)C1C(OC(C)=O)CC2C3CCC4=CC(=O)CCC4(C)C3C(OC(C)=O)CC21C. The normalized spacial score (nSPS) is 39.9. The quantitative estimate of drug-likeness (QED) is 0.428. The van der Waals surface area contributed by atoms with E-state index in [9.17, 15) is 24.0 Å². The third-order valence-electron chi connectivity index (χ3n) is 9.28. The van der Waals surface area contributed by atoms with Crippen LogP contribution in [0.1, 0.15) is 73.1 Å². The highest BCUT2D eigenvalue weighted by Crippen LogP contribution is 2.67. The van der Waals surface area contributed by atoms with Crippen molar-refractivity contribution in [3.8, 4) is 0 Å². The topological polar surface area (TPSA) is 113 Å². The van der Waals surface area contributed by atoms with Crippen molar-refractivity contribution >= 4 is 29.5 Å². The molecular formula is C27H36O8. The van der Waals surface area contributed by atoms with Gasteiger partial charge in [-0.3, -0.25) is 24.0 Å². The van der Waals surface area contributed by atoms with Crippen LogP contribution in [-0.2, 0) is 38.2 Å². The van der Waals surface area contributed by atoms with Crippen LogP contribution in [0.4, 0.5) is 0 Å². The van der Waals surface area contributed by atoms with Crippen LogP contribution in [0.5, 0.6) is 0 Å². The van der Waals surface area contributed by atoms with Crippen molar-refractivity contribution in [2.24, 2.45) is 34.5 Å². The molecule has 0 aromatic rings. The number of esters is 3. The monoisotopic (exact) mass is 488 g/mol. The molecule has 0 radical (unpaired) electrons. The summed E-state index contributed by atoms with van der Waals surface area (Å²) < 4.78 is 16.7. The van der Waals surface area contributed by atoms with E-state index in [4.69, 9.17) is 14.2 Å². The number of rotatable bonds is 5. The molecule has 3 saturated carbocycles. The molecule has 0 N–H and O–H groups in total. The van der Waals surface area contributed by atoms with Gasteiger partial charge in [-0.25, -0.2) is 0 Å². The van der Waals surface area contributed by atoms with Crippen molar-refractivity contribution in [2.45, 2.75) is 85.4 Å². The number of fused-ring (bicyclic) bond motifs is 5. The zero-order chi connectivity index (χ0) is 25.7. The Morgan fingerprint density at radius 1 is 0.971 bits per heavy atom. The molecular weight excluding hydrogens is 452 g/mol. The highest BCUT2D eigenvalue weighted by molar-refractivity contribution is 5.91. The van der Waals surface area contributed by atoms with Crippen LogP contribution in [0, 0.1) is 34.5 Å². The average Bonchev–Trinajstić information content (AvgIpc) is 3.02. The molecule has 4 aliphatic rings. The molecule has 3 fully saturated rings. The molecule has 0 aromatic carbocycles. The lowest BCUT2D eigenvalue weighted by Gasteiger charge is -2.60. The summed E-state index contributed by atoms with van der Waals surface area (Å²) >= 11 is 0. The first-order chi connectivity index (χ1) is 16.4. The van der Waals surface area contributed by atoms with Crippen LogP contribution in [0.3, 0.4) is 0 Å². The maximum atomic E-state index is 13.4. The summed E-state index contributed by atoms with van der Waals surface area (Å²) in [6, 6.07) is 0. The molecule has 35 heavy (non-hydrogen) atoms. The lowest BCUT2D eigenvalue weighted by molar-refractivity contribution is -0.177.